The third-order valence-corrected chi connectivity index (χ3v) is 4.00. The van der Waals surface area contributed by atoms with E-state index in [4.69, 9.17) is 11.3 Å². The van der Waals surface area contributed by atoms with Crippen LogP contribution in [0.25, 0.3) is 4.85 Å². The molecule has 0 spiro atoms. The number of ether oxygens (including phenoxy) is 1. The molecule has 7 heteroatoms. The Morgan fingerprint density at radius 3 is 2.58 bits per heavy atom. The Bertz CT molecular complexity index is 461. The number of hydrogen-bond acceptors (Lipinski definition) is 4. The van der Waals surface area contributed by atoms with E-state index in [2.05, 4.69) is 29.3 Å². The summed E-state index contributed by atoms with van der Waals surface area (Å²) in [4.78, 5) is 26.7. The van der Waals surface area contributed by atoms with Crippen LogP contribution in [0.5, 0.6) is 0 Å². The Labute approximate surface area is 144 Å². The van der Waals surface area contributed by atoms with Gasteiger partial charge >= 0.3 is 0 Å². The molecule has 0 radical (unpaired) electrons. The molecule has 0 saturated carbocycles. The first-order chi connectivity index (χ1) is 11.3. The number of nitrogens with one attached hydrogen (secondary N) is 2. The van der Waals surface area contributed by atoms with Gasteiger partial charge in [-0.1, -0.05) is 13.8 Å². The van der Waals surface area contributed by atoms with E-state index >= 15 is 0 Å². The minimum Gasteiger partial charge on any atom is -0.366 e. The maximum absolute atomic E-state index is 11.8. The molecule has 1 heterocycles. The van der Waals surface area contributed by atoms with Crippen LogP contribution in [0.3, 0.4) is 0 Å². The Morgan fingerprint density at radius 1 is 1.29 bits per heavy atom. The fourth-order valence-corrected chi connectivity index (χ4v) is 2.48. The Kier molecular flexibility index (Phi) is 8.72. The van der Waals surface area contributed by atoms with Crippen LogP contribution < -0.4 is 10.6 Å². The maximum Gasteiger partial charge on any atom is 0.229 e. The number of nitrogens with zero attached hydrogens (tertiary/aromatic N) is 1. The number of carbonyl (C=O) groups excluding carboxylic acids is 2. The summed E-state index contributed by atoms with van der Waals surface area (Å²) in [6.45, 7) is 13.0. The zero-order valence-electron chi connectivity index (χ0n) is 14.7. The number of carbonyl (C=O) groups is 2. The van der Waals surface area contributed by atoms with Gasteiger partial charge in [0.15, 0.2) is 6.29 Å². The molecule has 4 atom stereocenters. The van der Waals surface area contributed by atoms with Gasteiger partial charge in [0.2, 0.25) is 17.9 Å². The largest absolute Gasteiger partial charge is 0.366 e. The molecule has 2 amide bonds. The summed E-state index contributed by atoms with van der Waals surface area (Å²) in [5.41, 5.74) is 0. The topological polar surface area (TPSA) is 92.0 Å². The van der Waals surface area contributed by atoms with Crippen LogP contribution in [-0.4, -0.2) is 47.9 Å². The highest BCUT2D eigenvalue weighted by atomic mass is 16.6. The molecule has 24 heavy (non-hydrogen) atoms. The first-order valence-corrected chi connectivity index (χ1v) is 8.58. The monoisotopic (exact) mass is 339 g/mol. The summed E-state index contributed by atoms with van der Waals surface area (Å²) in [7, 11) is 0. The van der Waals surface area contributed by atoms with Crippen molar-refractivity contribution in [3.63, 3.8) is 0 Å². The summed E-state index contributed by atoms with van der Waals surface area (Å²) in [6.07, 6.45) is 1.32. The first kappa shape index (κ1) is 20.4. The van der Waals surface area contributed by atoms with E-state index in [1.54, 1.807) is 6.92 Å². The van der Waals surface area contributed by atoms with E-state index in [9.17, 15) is 14.7 Å². The third kappa shape index (κ3) is 7.75. The number of aliphatic hydroxyl groups excluding tert-OH is 1. The highest BCUT2D eigenvalue weighted by Crippen LogP contribution is 2.18. The maximum atomic E-state index is 11.8. The molecule has 1 aliphatic rings. The number of hydrogen-bond donors (Lipinski definition) is 3. The van der Waals surface area contributed by atoms with E-state index in [0.717, 1.165) is 6.42 Å². The van der Waals surface area contributed by atoms with Gasteiger partial charge in [-0.25, -0.2) is 6.57 Å². The lowest BCUT2D eigenvalue weighted by molar-refractivity contribution is -0.179. The fourth-order valence-electron chi connectivity index (χ4n) is 2.48. The fraction of sp³-hybridized carbons (Fsp3) is 0.824. The molecule has 0 aromatic rings. The molecule has 1 unspecified atom stereocenters. The van der Waals surface area contributed by atoms with E-state index < -0.39 is 12.3 Å². The molecule has 7 nitrogen and oxygen atoms in total. The SMILES string of the molecule is [C-]#[N+][C@H](C)CC(=O)N[C@H]1CC[C@@H](CNC(=O)CCC(C)C)OC1O. The Balaban J connectivity index is 2.29. The van der Waals surface area contributed by atoms with Gasteiger partial charge in [-0.15, -0.1) is 0 Å². The van der Waals surface area contributed by atoms with Crippen LogP contribution in [0.1, 0.15) is 52.9 Å². The van der Waals surface area contributed by atoms with Gasteiger partial charge < -0.3 is 25.3 Å². The average molecular weight is 339 g/mol. The van der Waals surface area contributed by atoms with E-state index in [1.807, 2.05) is 0 Å². The van der Waals surface area contributed by atoms with Gasteiger partial charge in [0, 0.05) is 19.9 Å². The van der Waals surface area contributed by atoms with Crippen molar-refractivity contribution in [2.24, 2.45) is 5.92 Å². The smallest absolute Gasteiger partial charge is 0.229 e. The molecule has 3 N–H and O–H groups in total. The Morgan fingerprint density at radius 2 is 2.00 bits per heavy atom. The summed E-state index contributed by atoms with van der Waals surface area (Å²) in [5.74, 6) is 0.218. The molecular formula is C17H29N3O4. The molecular weight excluding hydrogens is 310 g/mol. The lowest BCUT2D eigenvalue weighted by Crippen LogP contribution is -2.51. The van der Waals surface area contributed by atoms with Crippen LogP contribution >= 0.6 is 0 Å². The molecule has 1 rings (SSSR count). The summed E-state index contributed by atoms with van der Waals surface area (Å²) in [6, 6.07) is -0.844. The third-order valence-electron chi connectivity index (χ3n) is 4.00. The zero-order valence-corrected chi connectivity index (χ0v) is 14.7. The van der Waals surface area contributed by atoms with E-state index in [0.29, 0.717) is 31.7 Å². The summed E-state index contributed by atoms with van der Waals surface area (Å²) >= 11 is 0. The summed E-state index contributed by atoms with van der Waals surface area (Å²) in [5, 5.41) is 15.5. The van der Waals surface area contributed by atoms with Crippen LogP contribution in [0.2, 0.25) is 0 Å². The van der Waals surface area contributed by atoms with Crippen LogP contribution in [-0.2, 0) is 14.3 Å². The van der Waals surface area contributed by atoms with Crippen molar-refractivity contribution in [3.05, 3.63) is 11.4 Å². The van der Waals surface area contributed by atoms with E-state index in [1.165, 1.54) is 0 Å². The van der Waals surface area contributed by atoms with Crippen LogP contribution in [0, 0.1) is 12.5 Å². The molecule has 0 aliphatic carbocycles. The van der Waals surface area contributed by atoms with Crippen LogP contribution in [0.4, 0.5) is 0 Å². The predicted molar refractivity (Wildman–Crippen MR) is 89.8 cm³/mol. The first-order valence-electron chi connectivity index (χ1n) is 8.58. The summed E-state index contributed by atoms with van der Waals surface area (Å²) < 4.78 is 5.47. The second-order valence-corrected chi connectivity index (χ2v) is 6.82. The minimum atomic E-state index is -1.09. The number of aliphatic hydroxyl groups is 1. The van der Waals surface area contributed by atoms with E-state index in [-0.39, 0.29) is 30.4 Å². The van der Waals surface area contributed by atoms with Gasteiger partial charge in [-0.05, 0) is 25.2 Å². The van der Waals surface area contributed by atoms with Crippen molar-refractivity contribution in [2.45, 2.75) is 77.4 Å². The van der Waals surface area contributed by atoms with Crippen LogP contribution in [0.15, 0.2) is 0 Å². The van der Waals surface area contributed by atoms with Crippen molar-refractivity contribution in [3.8, 4) is 0 Å². The molecule has 1 saturated heterocycles. The normalized spacial score (nSPS) is 24.9. The molecule has 136 valence electrons. The average Bonchev–Trinajstić information content (AvgIpc) is 2.53. The van der Waals surface area contributed by atoms with Gasteiger partial charge in [0.25, 0.3) is 0 Å². The number of rotatable bonds is 8. The van der Waals surface area contributed by atoms with Crippen molar-refractivity contribution >= 4 is 11.8 Å². The molecule has 1 fully saturated rings. The highest BCUT2D eigenvalue weighted by Gasteiger charge is 2.31. The lowest BCUT2D eigenvalue weighted by atomic mass is 10.0. The van der Waals surface area contributed by atoms with Gasteiger partial charge in [-0.3, -0.25) is 9.59 Å². The Hall–Kier alpha value is -1.65. The second-order valence-electron chi connectivity index (χ2n) is 6.82. The molecule has 1 aliphatic heterocycles. The molecule has 0 aromatic carbocycles. The molecule has 0 aromatic heterocycles. The second kappa shape index (κ2) is 10.3. The van der Waals surface area contributed by atoms with Crippen molar-refractivity contribution < 1.29 is 19.4 Å². The molecule has 0 bridgehead atoms. The van der Waals surface area contributed by atoms with Crippen molar-refractivity contribution in [1.82, 2.24) is 10.6 Å². The number of amides is 2. The van der Waals surface area contributed by atoms with Crippen molar-refractivity contribution in [1.29, 1.82) is 0 Å². The lowest BCUT2D eigenvalue weighted by Gasteiger charge is -2.34. The standard InChI is InChI=1S/C17H29N3O4/c1-11(2)5-8-15(21)19-10-13-6-7-14(17(23)24-13)20-16(22)9-12(3)18-4/h11-14,17,23H,5-10H2,1-3H3,(H,19,21)(H,20,22)/t12-,13+,14+,17?/m1/s1. The van der Waals surface area contributed by atoms with Gasteiger partial charge in [-0.2, -0.15) is 0 Å². The van der Waals surface area contributed by atoms with Gasteiger partial charge in [0.05, 0.1) is 12.1 Å². The predicted octanol–water partition coefficient (Wildman–Crippen LogP) is 1.22. The van der Waals surface area contributed by atoms with Gasteiger partial charge in [0.1, 0.15) is 6.42 Å². The highest BCUT2D eigenvalue weighted by molar-refractivity contribution is 5.77. The van der Waals surface area contributed by atoms with Crippen molar-refractivity contribution in [2.75, 3.05) is 6.54 Å². The quantitative estimate of drug-likeness (QED) is 0.580. The zero-order chi connectivity index (χ0) is 18.1. The minimum absolute atomic E-state index is 0.00894.